The van der Waals surface area contributed by atoms with E-state index in [9.17, 15) is 10.4 Å². The number of hydrogen-bond acceptors (Lipinski definition) is 3. The number of nitrogens with zero attached hydrogens (tertiary/aromatic N) is 1. The van der Waals surface area contributed by atoms with Gasteiger partial charge in [-0.15, -0.1) is 0 Å². The van der Waals surface area contributed by atoms with Crippen LogP contribution in [0.3, 0.4) is 0 Å². The summed E-state index contributed by atoms with van der Waals surface area (Å²) in [4.78, 5) is 2.02. The summed E-state index contributed by atoms with van der Waals surface area (Å²) in [6.45, 7) is 3.58. The topological polar surface area (TPSA) is 44.0 Å². The highest BCUT2D eigenvalue weighted by Gasteiger charge is 2.51. The van der Waals surface area contributed by atoms with Gasteiger partial charge in [0.1, 0.15) is 5.60 Å². The Labute approximate surface area is 123 Å². The fraction of sp³-hybridized carbons (Fsp3) is 0.235. The molecule has 0 bridgehead atoms. The average Bonchev–Trinajstić information content (AvgIpc) is 2.47. The van der Waals surface area contributed by atoms with Gasteiger partial charge in [-0.05, 0) is 26.0 Å². The van der Waals surface area contributed by atoms with Crippen LogP contribution in [0.25, 0.3) is 0 Å². The second-order valence-corrected chi connectivity index (χ2v) is 6.63. The normalized spacial score (nSPS) is 15.9. The van der Waals surface area contributed by atoms with Crippen LogP contribution in [0.2, 0.25) is 0 Å². The summed E-state index contributed by atoms with van der Waals surface area (Å²) < 4.78 is 0. The quantitative estimate of drug-likeness (QED) is 0.861. The second-order valence-electron chi connectivity index (χ2n) is 5.54. The molecule has 1 heterocycles. The summed E-state index contributed by atoms with van der Waals surface area (Å²) >= 11 is 1.64. The van der Waals surface area contributed by atoms with Crippen LogP contribution in [0.4, 0.5) is 0 Å². The lowest BCUT2D eigenvalue weighted by molar-refractivity contribution is -0.0106. The predicted molar refractivity (Wildman–Crippen MR) is 79.4 cm³/mol. The first-order valence-corrected chi connectivity index (χ1v) is 7.33. The van der Waals surface area contributed by atoms with E-state index < -0.39 is 11.0 Å². The number of fused-ring (bicyclic) bond motifs is 2. The molecule has 0 saturated heterocycles. The molecule has 0 fully saturated rings. The lowest BCUT2D eigenvalue weighted by Gasteiger charge is -2.43. The number of hydrogen-bond donors (Lipinski definition) is 1. The van der Waals surface area contributed by atoms with E-state index in [2.05, 4.69) is 6.07 Å². The smallest absolute Gasteiger partial charge is 0.135 e. The molecule has 0 amide bonds. The van der Waals surface area contributed by atoms with E-state index in [0.29, 0.717) is 0 Å². The van der Waals surface area contributed by atoms with Crippen LogP contribution in [-0.2, 0) is 5.60 Å². The van der Waals surface area contributed by atoms with Gasteiger partial charge in [-0.3, -0.25) is 0 Å². The van der Waals surface area contributed by atoms with Gasteiger partial charge >= 0.3 is 0 Å². The maximum absolute atomic E-state index is 11.5. The van der Waals surface area contributed by atoms with Crippen molar-refractivity contribution in [2.75, 3.05) is 0 Å². The van der Waals surface area contributed by atoms with Crippen LogP contribution in [0.1, 0.15) is 25.0 Å². The van der Waals surface area contributed by atoms with Crippen molar-refractivity contribution >= 4 is 11.8 Å². The number of nitriles is 1. The maximum atomic E-state index is 11.5. The van der Waals surface area contributed by atoms with Gasteiger partial charge in [-0.25, -0.2) is 0 Å². The molecule has 3 heteroatoms. The molecule has 0 spiro atoms. The molecule has 2 nitrogen and oxygen atoms in total. The number of benzene rings is 2. The molecule has 1 aliphatic rings. The molecule has 3 rings (SSSR count). The summed E-state index contributed by atoms with van der Waals surface area (Å²) in [6, 6.07) is 17.8. The highest BCUT2D eigenvalue weighted by atomic mass is 32.2. The Morgan fingerprint density at radius 3 is 1.90 bits per heavy atom. The molecule has 0 saturated carbocycles. The van der Waals surface area contributed by atoms with Gasteiger partial charge in [0.25, 0.3) is 0 Å². The Hall–Kier alpha value is -1.76. The predicted octanol–water partition coefficient (Wildman–Crippen LogP) is 3.94. The molecule has 0 atom stereocenters. The van der Waals surface area contributed by atoms with Crippen LogP contribution in [0.15, 0.2) is 58.3 Å². The summed E-state index contributed by atoms with van der Waals surface area (Å²) in [6.07, 6.45) is 0. The lowest BCUT2D eigenvalue weighted by Crippen LogP contribution is -2.44. The van der Waals surface area contributed by atoms with Crippen LogP contribution in [0, 0.1) is 16.7 Å². The third kappa shape index (κ3) is 1.62. The monoisotopic (exact) mass is 281 g/mol. The third-order valence-electron chi connectivity index (χ3n) is 3.96. The minimum absolute atomic E-state index is 0.815. The van der Waals surface area contributed by atoms with Gasteiger partial charge < -0.3 is 5.11 Å². The fourth-order valence-corrected chi connectivity index (χ4v) is 3.91. The molecule has 2 aromatic rings. The Balaban J connectivity index is 2.37. The summed E-state index contributed by atoms with van der Waals surface area (Å²) in [5.74, 6) is 0. The molecule has 100 valence electrons. The largest absolute Gasteiger partial charge is 0.379 e. The van der Waals surface area contributed by atoms with E-state index in [1.807, 2.05) is 48.5 Å². The van der Waals surface area contributed by atoms with Crippen molar-refractivity contribution in [3.05, 3.63) is 59.7 Å². The van der Waals surface area contributed by atoms with Crippen molar-refractivity contribution in [3.63, 3.8) is 0 Å². The van der Waals surface area contributed by atoms with Gasteiger partial charge in [0.15, 0.2) is 0 Å². The SMILES string of the molecule is CC(C)(C#N)C1(O)c2ccccc2Sc2ccccc21. The summed E-state index contributed by atoms with van der Waals surface area (Å²) in [5.41, 5.74) is -0.578. The Morgan fingerprint density at radius 2 is 1.45 bits per heavy atom. The van der Waals surface area contributed by atoms with E-state index in [1.54, 1.807) is 25.6 Å². The van der Waals surface area contributed by atoms with Crippen LogP contribution >= 0.6 is 11.8 Å². The first-order chi connectivity index (χ1) is 9.50. The van der Waals surface area contributed by atoms with Gasteiger partial charge in [-0.2, -0.15) is 5.26 Å². The van der Waals surface area contributed by atoms with Crippen molar-refractivity contribution in [1.29, 1.82) is 5.26 Å². The van der Waals surface area contributed by atoms with Crippen molar-refractivity contribution in [3.8, 4) is 6.07 Å². The van der Waals surface area contributed by atoms with E-state index in [-0.39, 0.29) is 0 Å². The van der Waals surface area contributed by atoms with Crippen LogP contribution in [0.5, 0.6) is 0 Å². The molecule has 1 aliphatic heterocycles. The molecule has 0 radical (unpaired) electrons. The standard InChI is InChI=1S/C17H15NOS/c1-16(2,11-18)17(19)12-7-3-5-9-14(12)20-15-10-6-4-8-13(15)17/h3-10,19H,1-2H3. The Morgan fingerprint density at radius 1 is 1.00 bits per heavy atom. The van der Waals surface area contributed by atoms with Crippen molar-refractivity contribution in [2.24, 2.45) is 5.41 Å². The zero-order valence-electron chi connectivity index (χ0n) is 11.4. The van der Waals surface area contributed by atoms with Crippen molar-refractivity contribution in [2.45, 2.75) is 29.2 Å². The van der Waals surface area contributed by atoms with Crippen molar-refractivity contribution < 1.29 is 5.11 Å². The van der Waals surface area contributed by atoms with Crippen LogP contribution < -0.4 is 0 Å². The molecule has 1 N–H and O–H groups in total. The van der Waals surface area contributed by atoms with Crippen molar-refractivity contribution in [1.82, 2.24) is 0 Å². The molecular formula is C17H15NOS. The summed E-state index contributed by atoms with van der Waals surface area (Å²) in [7, 11) is 0. The minimum atomic E-state index is -1.29. The van der Waals surface area contributed by atoms with E-state index in [4.69, 9.17) is 0 Å². The number of aliphatic hydroxyl groups is 1. The van der Waals surface area contributed by atoms with E-state index >= 15 is 0 Å². The Kier molecular flexibility index (Phi) is 2.89. The Bertz CT molecular complexity index is 669. The van der Waals surface area contributed by atoms with Crippen LogP contribution in [-0.4, -0.2) is 5.11 Å². The van der Waals surface area contributed by atoms with E-state index in [0.717, 1.165) is 20.9 Å². The zero-order chi connectivity index (χ0) is 14.4. The molecule has 20 heavy (non-hydrogen) atoms. The zero-order valence-corrected chi connectivity index (χ0v) is 12.2. The van der Waals surface area contributed by atoms with Gasteiger partial charge in [-0.1, -0.05) is 48.2 Å². The van der Waals surface area contributed by atoms with Gasteiger partial charge in [0.05, 0.1) is 11.5 Å². The second kappa shape index (κ2) is 4.37. The summed E-state index contributed by atoms with van der Waals surface area (Å²) in [5, 5.41) is 21.0. The lowest BCUT2D eigenvalue weighted by atomic mass is 9.67. The minimum Gasteiger partial charge on any atom is -0.379 e. The highest BCUT2D eigenvalue weighted by Crippen LogP contribution is 2.54. The molecule has 0 aliphatic carbocycles. The fourth-order valence-electron chi connectivity index (χ4n) is 2.73. The first kappa shape index (κ1) is 13.2. The van der Waals surface area contributed by atoms with Gasteiger partial charge in [0.2, 0.25) is 0 Å². The first-order valence-electron chi connectivity index (χ1n) is 6.51. The highest BCUT2D eigenvalue weighted by molar-refractivity contribution is 7.99. The van der Waals surface area contributed by atoms with E-state index in [1.165, 1.54) is 0 Å². The third-order valence-corrected chi connectivity index (χ3v) is 5.11. The van der Waals surface area contributed by atoms with Gasteiger partial charge in [0, 0.05) is 20.9 Å². The maximum Gasteiger partial charge on any atom is 0.135 e. The molecule has 2 aromatic carbocycles. The number of rotatable bonds is 1. The molecular weight excluding hydrogens is 266 g/mol. The average molecular weight is 281 g/mol. The molecule has 0 aromatic heterocycles. The molecule has 0 unspecified atom stereocenters.